The number of hydrogen-bond donors (Lipinski definition) is 1. The third-order valence-corrected chi connectivity index (χ3v) is 3.13. The lowest BCUT2D eigenvalue weighted by Crippen LogP contribution is -2.16. The highest BCUT2D eigenvalue weighted by Crippen LogP contribution is 2.34. The van der Waals surface area contributed by atoms with Crippen LogP contribution in [0.4, 0.5) is 0 Å². The number of Topliss-reactive ketones (excluding diaryl/α,β-unsaturated/α-hetero) is 1. The van der Waals surface area contributed by atoms with Crippen molar-refractivity contribution in [2.45, 2.75) is 13.8 Å². The van der Waals surface area contributed by atoms with Gasteiger partial charge in [0.05, 0.1) is 22.2 Å². The fraction of sp³-hybridized carbons (Fsp3) is 0.231. The summed E-state index contributed by atoms with van der Waals surface area (Å²) in [5, 5.41) is 10.4. The fourth-order valence-electron chi connectivity index (χ4n) is 1.50. The van der Waals surface area contributed by atoms with Crippen molar-refractivity contribution in [2.75, 3.05) is 6.61 Å². The number of aliphatic hydroxyl groups is 1. The van der Waals surface area contributed by atoms with Gasteiger partial charge in [-0.05, 0) is 26.0 Å². The number of ether oxygens (including phenoxy) is 1. The number of carbonyl (C=O) groups excluding carboxylic acids is 2. The first-order chi connectivity index (χ1) is 9.29. The number of esters is 1. The van der Waals surface area contributed by atoms with Gasteiger partial charge >= 0.3 is 5.97 Å². The molecule has 0 amide bonds. The Labute approximate surface area is 130 Å². The highest BCUT2D eigenvalue weighted by molar-refractivity contribution is 6.41. The van der Waals surface area contributed by atoms with Crippen molar-refractivity contribution >= 4 is 52.3 Å². The third kappa shape index (κ3) is 3.66. The summed E-state index contributed by atoms with van der Waals surface area (Å²) in [7, 11) is 0. The number of rotatable bonds is 4. The molecule has 0 atom stereocenters. The monoisotopic (exact) mass is 336 g/mol. The average molecular weight is 338 g/mol. The predicted molar refractivity (Wildman–Crippen MR) is 78.3 cm³/mol. The summed E-state index contributed by atoms with van der Waals surface area (Å²) in [6.07, 6.45) is 0. The SMILES string of the molecule is CCOC(=O)/C(C(C)=O)=C(\O)c1c(Cl)cc(Cl)cc1Cl. The molecule has 0 heterocycles. The van der Waals surface area contributed by atoms with E-state index in [0.29, 0.717) is 0 Å². The molecule has 0 aliphatic rings. The minimum absolute atomic E-state index is 0.0167. The van der Waals surface area contributed by atoms with Gasteiger partial charge < -0.3 is 9.84 Å². The Morgan fingerprint density at radius 2 is 1.70 bits per heavy atom. The van der Waals surface area contributed by atoms with Gasteiger partial charge in [0, 0.05) is 5.02 Å². The summed E-state index contributed by atoms with van der Waals surface area (Å²) in [6.45, 7) is 2.76. The van der Waals surface area contributed by atoms with Crippen LogP contribution in [-0.2, 0) is 14.3 Å². The quantitative estimate of drug-likeness (QED) is 0.296. The van der Waals surface area contributed by atoms with Gasteiger partial charge in [0.2, 0.25) is 0 Å². The first-order valence-corrected chi connectivity index (χ1v) is 6.69. The van der Waals surface area contributed by atoms with E-state index in [4.69, 9.17) is 39.5 Å². The van der Waals surface area contributed by atoms with Gasteiger partial charge in [-0.2, -0.15) is 0 Å². The lowest BCUT2D eigenvalue weighted by atomic mass is 10.1. The first kappa shape index (κ1) is 16.8. The Kier molecular flexibility index (Phi) is 5.87. The van der Waals surface area contributed by atoms with Crippen molar-refractivity contribution < 1.29 is 19.4 Å². The lowest BCUT2D eigenvalue weighted by molar-refractivity contribution is -0.139. The number of carbonyl (C=O) groups is 2. The molecule has 20 heavy (non-hydrogen) atoms. The van der Waals surface area contributed by atoms with Crippen LogP contribution in [-0.4, -0.2) is 23.5 Å². The number of benzene rings is 1. The van der Waals surface area contributed by atoms with E-state index < -0.39 is 23.1 Å². The highest BCUT2D eigenvalue weighted by Gasteiger charge is 2.25. The maximum absolute atomic E-state index is 11.7. The Morgan fingerprint density at radius 3 is 2.10 bits per heavy atom. The Bertz CT molecular complexity index is 570. The van der Waals surface area contributed by atoms with E-state index in [1.807, 2.05) is 0 Å². The van der Waals surface area contributed by atoms with E-state index >= 15 is 0 Å². The van der Waals surface area contributed by atoms with Crippen LogP contribution in [0.1, 0.15) is 19.4 Å². The van der Waals surface area contributed by atoms with Gasteiger partial charge in [-0.1, -0.05) is 34.8 Å². The van der Waals surface area contributed by atoms with Gasteiger partial charge in [-0.15, -0.1) is 0 Å². The summed E-state index contributed by atoms with van der Waals surface area (Å²) >= 11 is 17.6. The van der Waals surface area contributed by atoms with Crippen LogP contribution in [0.15, 0.2) is 17.7 Å². The molecular formula is C13H11Cl3O4. The van der Waals surface area contributed by atoms with E-state index in [-0.39, 0.29) is 27.2 Å². The molecule has 0 bridgehead atoms. The van der Waals surface area contributed by atoms with Gasteiger partial charge in [-0.3, -0.25) is 4.79 Å². The summed E-state index contributed by atoms with van der Waals surface area (Å²) in [6, 6.07) is 2.67. The Morgan fingerprint density at radius 1 is 1.20 bits per heavy atom. The largest absolute Gasteiger partial charge is 0.506 e. The maximum atomic E-state index is 11.7. The van der Waals surface area contributed by atoms with E-state index in [2.05, 4.69) is 0 Å². The van der Waals surface area contributed by atoms with Crippen LogP contribution in [0, 0.1) is 0 Å². The van der Waals surface area contributed by atoms with Gasteiger partial charge in [0.1, 0.15) is 11.3 Å². The highest BCUT2D eigenvalue weighted by atomic mass is 35.5. The van der Waals surface area contributed by atoms with E-state index in [1.165, 1.54) is 12.1 Å². The van der Waals surface area contributed by atoms with Crippen molar-refractivity contribution in [3.63, 3.8) is 0 Å². The molecule has 0 saturated carbocycles. The second-order valence-electron chi connectivity index (χ2n) is 3.74. The maximum Gasteiger partial charge on any atom is 0.345 e. The first-order valence-electron chi connectivity index (χ1n) is 5.55. The zero-order valence-electron chi connectivity index (χ0n) is 10.7. The fourth-order valence-corrected chi connectivity index (χ4v) is 2.50. The zero-order valence-corrected chi connectivity index (χ0v) is 12.9. The van der Waals surface area contributed by atoms with Crippen molar-refractivity contribution in [3.05, 3.63) is 38.3 Å². The third-order valence-electron chi connectivity index (χ3n) is 2.31. The van der Waals surface area contributed by atoms with Crippen LogP contribution >= 0.6 is 34.8 Å². The molecule has 0 saturated heterocycles. The van der Waals surface area contributed by atoms with Crippen molar-refractivity contribution in [3.8, 4) is 0 Å². The van der Waals surface area contributed by atoms with Crippen LogP contribution in [0.2, 0.25) is 15.1 Å². The van der Waals surface area contributed by atoms with Crippen molar-refractivity contribution in [2.24, 2.45) is 0 Å². The molecule has 0 fully saturated rings. The summed E-state index contributed by atoms with van der Waals surface area (Å²) < 4.78 is 4.72. The molecule has 0 aliphatic carbocycles. The summed E-state index contributed by atoms with van der Waals surface area (Å²) in [5.74, 6) is -2.25. The smallest absolute Gasteiger partial charge is 0.345 e. The van der Waals surface area contributed by atoms with Crippen LogP contribution < -0.4 is 0 Å². The Balaban J connectivity index is 3.51. The average Bonchev–Trinajstić information content (AvgIpc) is 2.26. The second-order valence-corrected chi connectivity index (χ2v) is 5.00. The van der Waals surface area contributed by atoms with E-state index in [0.717, 1.165) is 6.92 Å². The van der Waals surface area contributed by atoms with Crippen molar-refractivity contribution in [1.29, 1.82) is 0 Å². The van der Waals surface area contributed by atoms with Crippen LogP contribution in [0.3, 0.4) is 0 Å². The zero-order chi connectivity index (χ0) is 15.4. The molecule has 7 heteroatoms. The van der Waals surface area contributed by atoms with Crippen molar-refractivity contribution in [1.82, 2.24) is 0 Å². The molecular weight excluding hydrogens is 326 g/mol. The molecule has 0 spiro atoms. The normalized spacial score (nSPS) is 11.8. The van der Waals surface area contributed by atoms with Gasteiger partial charge in [0.25, 0.3) is 0 Å². The molecule has 0 unspecified atom stereocenters. The molecule has 108 valence electrons. The topological polar surface area (TPSA) is 63.6 Å². The van der Waals surface area contributed by atoms with E-state index in [1.54, 1.807) is 6.92 Å². The van der Waals surface area contributed by atoms with Gasteiger partial charge in [-0.25, -0.2) is 4.79 Å². The lowest BCUT2D eigenvalue weighted by Gasteiger charge is -2.11. The molecule has 0 aromatic heterocycles. The molecule has 1 rings (SSSR count). The number of aliphatic hydroxyl groups excluding tert-OH is 1. The molecule has 1 aromatic rings. The predicted octanol–water partition coefficient (Wildman–Crippen LogP) is 4.07. The molecule has 0 radical (unpaired) electrons. The van der Waals surface area contributed by atoms with Crippen LogP contribution in [0.25, 0.3) is 5.76 Å². The minimum Gasteiger partial charge on any atom is -0.506 e. The Hall–Kier alpha value is -1.23. The number of halogens is 3. The summed E-state index contributed by atoms with van der Waals surface area (Å²) in [5.41, 5.74) is -0.561. The molecule has 1 N–H and O–H groups in total. The summed E-state index contributed by atoms with van der Waals surface area (Å²) in [4.78, 5) is 23.2. The number of ketones is 1. The molecule has 4 nitrogen and oxygen atoms in total. The number of hydrogen-bond acceptors (Lipinski definition) is 4. The standard InChI is InChI=1S/C13H11Cl3O4/c1-3-20-13(19)10(6(2)17)12(18)11-8(15)4-7(14)5-9(11)16/h4-5,18H,3H2,1-2H3/b12-10-. The molecule has 0 aliphatic heterocycles. The van der Waals surface area contributed by atoms with Crippen LogP contribution in [0.5, 0.6) is 0 Å². The van der Waals surface area contributed by atoms with Gasteiger partial charge in [0.15, 0.2) is 5.78 Å². The van der Waals surface area contributed by atoms with E-state index in [9.17, 15) is 14.7 Å². The second kappa shape index (κ2) is 6.97. The minimum atomic E-state index is -0.945. The molecule has 1 aromatic carbocycles.